The Kier molecular flexibility index (Phi) is 8.23. The molecule has 0 aliphatic heterocycles. The number of tetrazole rings is 2. The highest BCUT2D eigenvalue weighted by Crippen LogP contribution is 2.27. The first-order valence-electron chi connectivity index (χ1n) is 9.60. The summed E-state index contributed by atoms with van der Waals surface area (Å²) in [7, 11) is 0. The van der Waals surface area contributed by atoms with E-state index in [1.54, 1.807) is 22.0 Å². The Balaban J connectivity index is 1.64. The van der Waals surface area contributed by atoms with Crippen LogP contribution in [0.1, 0.15) is 66.2 Å². The smallest absolute Gasteiger partial charge is 0.138 e. The summed E-state index contributed by atoms with van der Waals surface area (Å²) in [6.07, 6.45) is 8.97. The third-order valence-electron chi connectivity index (χ3n) is 4.81. The van der Waals surface area contributed by atoms with Crippen molar-refractivity contribution in [2.45, 2.75) is 79.3 Å². The third-order valence-corrected chi connectivity index (χ3v) is 5.62. The van der Waals surface area contributed by atoms with Crippen molar-refractivity contribution >= 4 is 34.2 Å². The molecule has 0 aliphatic rings. The van der Waals surface area contributed by atoms with Gasteiger partial charge in [0.1, 0.15) is 12.7 Å². The van der Waals surface area contributed by atoms with Crippen molar-refractivity contribution in [1.29, 1.82) is 0 Å². The van der Waals surface area contributed by atoms with Gasteiger partial charge >= 0.3 is 0 Å². The molecule has 0 fully saturated rings. The molecule has 0 saturated carbocycles. The number of hydrogen-bond donors (Lipinski definition) is 0. The zero-order valence-electron chi connectivity index (χ0n) is 17.2. The van der Waals surface area contributed by atoms with Crippen LogP contribution >= 0.6 is 24.4 Å². The van der Waals surface area contributed by atoms with Crippen LogP contribution in [0.25, 0.3) is 0 Å². The minimum atomic E-state index is 0.0974. The number of nitrogens with zero attached hydrogens (tertiary/aromatic N) is 8. The fourth-order valence-electron chi connectivity index (χ4n) is 3.03. The zero-order valence-corrected chi connectivity index (χ0v) is 18.8. The van der Waals surface area contributed by atoms with Gasteiger partial charge in [-0.05, 0) is 79.9 Å². The SMILES string of the molecule is CC(C)(CCC(=S)CCC(=S)CCC(C)(C)Cn1cnnn1)Cn1cnnn1. The first kappa shape index (κ1) is 22.6. The lowest BCUT2D eigenvalue weighted by atomic mass is 9.85. The summed E-state index contributed by atoms with van der Waals surface area (Å²) in [5.41, 5.74) is 0.195. The predicted molar refractivity (Wildman–Crippen MR) is 116 cm³/mol. The summed E-state index contributed by atoms with van der Waals surface area (Å²) in [4.78, 5) is 2.19. The molecule has 2 aromatic heterocycles. The molecule has 10 heteroatoms. The van der Waals surface area contributed by atoms with Gasteiger partial charge in [0.05, 0.1) is 0 Å². The van der Waals surface area contributed by atoms with Gasteiger partial charge in [-0.25, -0.2) is 9.36 Å². The first-order chi connectivity index (χ1) is 13.2. The van der Waals surface area contributed by atoms with Crippen molar-refractivity contribution in [3.8, 4) is 0 Å². The van der Waals surface area contributed by atoms with Gasteiger partial charge in [0.2, 0.25) is 0 Å². The molecule has 0 N–H and O–H groups in total. The van der Waals surface area contributed by atoms with Crippen LogP contribution in [0.15, 0.2) is 12.7 Å². The minimum Gasteiger partial charge on any atom is -0.232 e. The molecule has 2 rings (SSSR count). The molecule has 0 aromatic carbocycles. The molecule has 0 saturated heterocycles. The van der Waals surface area contributed by atoms with Crippen molar-refractivity contribution < 1.29 is 0 Å². The van der Waals surface area contributed by atoms with E-state index < -0.39 is 0 Å². The summed E-state index contributed by atoms with van der Waals surface area (Å²) in [5.74, 6) is 0. The van der Waals surface area contributed by atoms with Crippen LogP contribution in [0.2, 0.25) is 0 Å². The van der Waals surface area contributed by atoms with E-state index in [1.807, 2.05) is 0 Å². The molecule has 8 nitrogen and oxygen atoms in total. The van der Waals surface area contributed by atoms with Crippen LogP contribution < -0.4 is 0 Å². The van der Waals surface area contributed by atoms with Crippen molar-refractivity contribution in [3.05, 3.63) is 12.7 Å². The molecule has 0 bridgehead atoms. The fourth-order valence-corrected chi connectivity index (χ4v) is 3.43. The Labute approximate surface area is 177 Å². The van der Waals surface area contributed by atoms with E-state index in [9.17, 15) is 0 Å². The van der Waals surface area contributed by atoms with E-state index in [0.29, 0.717) is 0 Å². The molecule has 0 aliphatic carbocycles. The summed E-state index contributed by atoms with van der Waals surface area (Å²) >= 11 is 11.2. The topological polar surface area (TPSA) is 87.2 Å². The van der Waals surface area contributed by atoms with Crippen LogP contribution in [0, 0.1) is 10.8 Å². The van der Waals surface area contributed by atoms with Gasteiger partial charge in [-0.2, -0.15) is 0 Å². The number of aromatic nitrogens is 8. The van der Waals surface area contributed by atoms with Crippen LogP contribution in [0.3, 0.4) is 0 Å². The lowest BCUT2D eigenvalue weighted by molar-refractivity contribution is 0.270. The lowest BCUT2D eigenvalue weighted by Crippen LogP contribution is -2.22. The van der Waals surface area contributed by atoms with Crippen molar-refractivity contribution in [1.82, 2.24) is 40.4 Å². The Hall–Kier alpha value is -1.68. The molecular weight excluding hydrogens is 392 g/mol. The largest absolute Gasteiger partial charge is 0.232 e. The predicted octanol–water partition coefficient (Wildman–Crippen LogP) is 3.49. The van der Waals surface area contributed by atoms with Gasteiger partial charge in [-0.1, -0.05) is 52.1 Å². The molecule has 0 atom stereocenters. The molecule has 0 spiro atoms. The summed E-state index contributed by atoms with van der Waals surface area (Å²) in [6, 6.07) is 0. The van der Waals surface area contributed by atoms with Crippen LogP contribution in [0.5, 0.6) is 0 Å². The standard InChI is InChI=1S/C18H30N8S2/c1-17(2,11-25-13-19-21-23-25)9-7-15(27)5-6-16(28)8-10-18(3,4)12-26-14-20-22-24-26/h13-14H,5-12H2,1-4H3. The fraction of sp³-hybridized carbons (Fsp3) is 0.778. The van der Waals surface area contributed by atoms with E-state index in [2.05, 4.69) is 58.7 Å². The Bertz CT molecular complexity index is 673. The minimum absolute atomic E-state index is 0.0974. The molecule has 0 unspecified atom stereocenters. The maximum Gasteiger partial charge on any atom is 0.138 e. The Morgan fingerprint density at radius 2 is 1.11 bits per heavy atom. The number of rotatable bonds is 13. The van der Waals surface area contributed by atoms with Gasteiger partial charge in [-0.15, -0.1) is 10.2 Å². The number of hydrogen-bond acceptors (Lipinski definition) is 8. The molecular formula is C18H30N8S2. The Morgan fingerprint density at radius 3 is 1.43 bits per heavy atom. The van der Waals surface area contributed by atoms with Crippen molar-refractivity contribution in [3.63, 3.8) is 0 Å². The second-order valence-electron chi connectivity index (χ2n) is 8.92. The Morgan fingerprint density at radius 1 is 0.714 bits per heavy atom. The van der Waals surface area contributed by atoms with Crippen LogP contribution in [-0.4, -0.2) is 50.1 Å². The third kappa shape index (κ3) is 8.55. The maximum atomic E-state index is 5.59. The van der Waals surface area contributed by atoms with E-state index >= 15 is 0 Å². The van der Waals surface area contributed by atoms with E-state index in [1.165, 1.54) is 0 Å². The normalized spacial score (nSPS) is 12.3. The molecule has 2 heterocycles. The molecule has 28 heavy (non-hydrogen) atoms. The summed E-state index contributed by atoms with van der Waals surface area (Å²) < 4.78 is 3.55. The highest BCUT2D eigenvalue weighted by Gasteiger charge is 2.21. The van der Waals surface area contributed by atoms with Crippen LogP contribution in [0.4, 0.5) is 0 Å². The zero-order chi connectivity index (χ0) is 20.6. The van der Waals surface area contributed by atoms with Gasteiger partial charge in [0, 0.05) is 13.1 Å². The van der Waals surface area contributed by atoms with Gasteiger partial charge < -0.3 is 0 Å². The van der Waals surface area contributed by atoms with Gasteiger partial charge in [0.15, 0.2) is 0 Å². The average Bonchev–Trinajstić information content (AvgIpc) is 3.30. The monoisotopic (exact) mass is 422 g/mol. The highest BCUT2D eigenvalue weighted by atomic mass is 32.1. The van der Waals surface area contributed by atoms with Crippen molar-refractivity contribution in [2.24, 2.45) is 10.8 Å². The summed E-state index contributed by atoms with van der Waals surface area (Å²) in [5, 5.41) is 22.6. The lowest BCUT2D eigenvalue weighted by Gasteiger charge is -2.24. The molecule has 2 aromatic rings. The van der Waals surface area contributed by atoms with Gasteiger partial charge in [-0.3, -0.25) is 0 Å². The van der Waals surface area contributed by atoms with Crippen LogP contribution in [-0.2, 0) is 13.1 Å². The van der Waals surface area contributed by atoms with E-state index in [0.717, 1.165) is 61.3 Å². The van der Waals surface area contributed by atoms with Gasteiger partial charge in [0.25, 0.3) is 0 Å². The average molecular weight is 423 g/mol. The molecule has 154 valence electrons. The quantitative estimate of drug-likeness (QED) is 0.453. The summed E-state index contributed by atoms with van der Waals surface area (Å²) in [6.45, 7) is 10.4. The second kappa shape index (κ2) is 10.2. The first-order valence-corrected chi connectivity index (χ1v) is 10.4. The number of thiocarbonyl (C=S) groups is 2. The van der Waals surface area contributed by atoms with E-state index in [-0.39, 0.29) is 10.8 Å². The molecule has 0 amide bonds. The second-order valence-corrected chi connectivity index (χ2v) is 10.1. The molecule has 0 radical (unpaired) electrons. The van der Waals surface area contributed by atoms with Crippen molar-refractivity contribution in [2.75, 3.05) is 0 Å². The maximum absolute atomic E-state index is 5.59. The van der Waals surface area contributed by atoms with E-state index in [4.69, 9.17) is 24.4 Å². The highest BCUT2D eigenvalue weighted by molar-refractivity contribution is 7.80.